The number of aliphatic hydroxyl groups excluding tert-OH is 1. The Bertz CT molecular complexity index is 1110. The molecule has 0 bridgehead atoms. The summed E-state index contributed by atoms with van der Waals surface area (Å²) in [6.07, 6.45) is -0.523. The van der Waals surface area contributed by atoms with Crippen LogP contribution in [0.5, 0.6) is 17.2 Å². The van der Waals surface area contributed by atoms with Crippen LogP contribution in [0.4, 0.5) is 0 Å². The molecule has 3 atom stereocenters. The van der Waals surface area contributed by atoms with Gasteiger partial charge in [-0.3, -0.25) is 0 Å². The third-order valence-electron chi connectivity index (χ3n) is 7.21. The summed E-state index contributed by atoms with van der Waals surface area (Å²) < 4.78 is 18.0. The van der Waals surface area contributed by atoms with Gasteiger partial charge >= 0.3 is 0 Å². The van der Waals surface area contributed by atoms with E-state index in [-0.39, 0.29) is 18.4 Å². The van der Waals surface area contributed by atoms with Crippen molar-refractivity contribution in [2.24, 2.45) is 0 Å². The number of aliphatic hydroxyl groups is 1. The van der Waals surface area contributed by atoms with Gasteiger partial charge in [-0.1, -0.05) is 62.4 Å². The van der Waals surface area contributed by atoms with Gasteiger partial charge in [-0.2, -0.15) is 0 Å². The van der Waals surface area contributed by atoms with Crippen molar-refractivity contribution in [2.45, 2.75) is 51.2 Å². The zero-order valence-corrected chi connectivity index (χ0v) is 22.1. The molecule has 5 nitrogen and oxygen atoms in total. The van der Waals surface area contributed by atoms with Crippen molar-refractivity contribution >= 4 is 0 Å². The lowest BCUT2D eigenvalue weighted by atomic mass is 9.68. The number of methoxy groups -OCH3 is 1. The van der Waals surface area contributed by atoms with Gasteiger partial charge in [-0.25, -0.2) is 0 Å². The van der Waals surface area contributed by atoms with Crippen molar-refractivity contribution in [1.82, 2.24) is 4.90 Å². The van der Waals surface area contributed by atoms with Gasteiger partial charge in [0.1, 0.15) is 35.6 Å². The molecule has 3 aromatic rings. The van der Waals surface area contributed by atoms with E-state index in [0.717, 1.165) is 35.9 Å². The maximum absolute atomic E-state index is 10.4. The Balaban J connectivity index is 1.63. The molecule has 1 unspecified atom stereocenters. The molecule has 0 aromatic heterocycles. The van der Waals surface area contributed by atoms with E-state index in [0.29, 0.717) is 6.54 Å². The van der Waals surface area contributed by atoms with Crippen molar-refractivity contribution in [3.05, 3.63) is 89.5 Å². The monoisotopic (exact) mass is 489 g/mol. The van der Waals surface area contributed by atoms with Gasteiger partial charge in [0.15, 0.2) is 0 Å². The van der Waals surface area contributed by atoms with E-state index < -0.39 is 11.7 Å². The number of fused-ring (bicyclic) bond motifs is 1. The smallest absolute Gasteiger partial charge is 0.127 e. The molecule has 3 aromatic carbocycles. The molecular weight excluding hydrogens is 450 g/mol. The van der Waals surface area contributed by atoms with Gasteiger partial charge < -0.3 is 24.2 Å². The van der Waals surface area contributed by atoms with E-state index in [4.69, 9.17) is 14.2 Å². The molecule has 1 aliphatic heterocycles. The number of nitrogens with zero attached hydrogens (tertiary/aromatic N) is 1. The Morgan fingerprint density at radius 2 is 1.58 bits per heavy atom. The largest absolute Gasteiger partial charge is 0.497 e. The highest BCUT2D eigenvalue weighted by atomic mass is 16.5. The van der Waals surface area contributed by atoms with Crippen LogP contribution in [0, 0.1) is 0 Å². The summed E-state index contributed by atoms with van der Waals surface area (Å²) in [7, 11) is 1.68. The topological polar surface area (TPSA) is 51.2 Å². The van der Waals surface area contributed by atoms with Gasteiger partial charge in [0.25, 0.3) is 0 Å². The minimum atomic E-state index is -0.523. The molecule has 0 saturated heterocycles. The lowest BCUT2D eigenvalue weighted by molar-refractivity contribution is 0.0527. The predicted molar refractivity (Wildman–Crippen MR) is 144 cm³/mol. The fourth-order valence-corrected chi connectivity index (χ4v) is 5.34. The standard InChI is InChI=1S/C31H39NO4/c1-6-32(7-2)20-24(33)21-35-25-15-13-22(14-16-25)29-27-18-17-26(34-5)19-28(27)36-31(3,4)30(29)23-11-9-8-10-12-23/h8-19,24,29-30,33H,6-7,20-21H2,1-5H3/t24?,29-,30+/m1/s1. The lowest BCUT2D eigenvalue weighted by Gasteiger charge is -2.45. The molecule has 0 radical (unpaired) electrons. The van der Waals surface area contributed by atoms with Crippen LogP contribution in [-0.2, 0) is 0 Å². The highest BCUT2D eigenvalue weighted by molar-refractivity contribution is 5.52. The molecule has 192 valence electrons. The number of ether oxygens (including phenoxy) is 3. The number of rotatable bonds is 10. The molecule has 1 aliphatic rings. The third kappa shape index (κ3) is 5.69. The van der Waals surface area contributed by atoms with Crippen LogP contribution in [0.1, 0.15) is 56.2 Å². The molecule has 1 heterocycles. The van der Waals surface area contributed by atoms with E-state index in [2.05, 4.69) is 81.1 Å². The summed E-state index contributed by atoms with van der Waals surface area (Å²) in [5, 5.41) is 10.4. The van der Waals surface area contributed by atoms with Crippen molar-refractivity contribution in [3.8, 4) is 17.2 Å². The average molecular weight is 490 g/mol. The normalized spacial score (nSPS) is 19.3. The second-order valence-electron chi connectivity index (χ2n) is 10.00. The maximum Gasteiger partial charge on any atom is 0.127 e. The quantitative estimate of drug-likeness (QED) is 0.386. The minimum Gasteiger partial charge on any atom is -0.497 e. The summed E-state index contributed by atoms with van der Waals surface area (Å²) in [6, 6.07) is 25.0. The van der Waals surface area contributed by atoms with Crippen molar-refractivity contribution in [1.29, 1.82) is 0 Å². The summed E-state index contributed by atoms with van der Waals surface area (Å²) in [5.41, 5.74) is 3.15. The van der Waals surface area contributed by atoms with Crippen LogP contribution >= 0.6 is 0 Å². The molecule has 0 aliphatic carbocycles. The Kier molecular flexibility index (Phi) is 8.22. The number of hydrogen-bond acceptors (Lipinski definition) is 5. The molecular formula is C31H39NO4. The SMILES string of the molecule is CCN(CC)CC(O)COc1ccc([C@@H]2c3ccc(OC)cc3OC(C)(C)[C@H]2c2ccccc2)cc1. The first-order valence-corrected chi connectivity index (χ1v) is 12.9. The fraction of sp³-hybridized carbons (Fsp3) is 0.419. The van der Waals surface area contributed by atoms with Crippen LogP contribution in [0.2, 0.25) is 0 Å². The van der Waals surface area contributed by atoms with Crippen molar-refractivity contribution in [3.63, 3.8) is 0 Å². The summed E-state index contributed by atoms with van der Waals surface area (Å²) in [4.78, 5) is 2.19. The first-order valence-electron chi connectivity index (χ1n) is 12.9. The third-order valence-corrected chi connectivity index (χ3v) is 7.21. The number of benzene rings is 3. The zero-order chi connectivity index (χ0) is 25.7. The second kappa shape index (κ2) is 11.4. The van der Waals surface area contributed by atoms with Crippen LogP contribution in [-0.4, -0.2) is 55.1 Å². The second-order valence-corrected chi connectivity index (χ2v) is 10.00. The molecule has 4 rings (SSSR count). The van der Waals surface area contributed by atoms with Gasteiger partial charge in [-0.05, 0) is 56.3 Å². The molecule has 0 saturated carbocycles. The fourth-order valence-electron chi connectivity index (χ4n) is 5.34. The van der Waals surface area contributed by atoms with Crippen LogP contribution in [0.25, 0.3) is 0 Å². The number of likely N-dealkylation sites (N-methyl/N-ethyl adjacent to an activating group) is 1. The van der Waals surface area contributed by atoms with E-state index in [1.807, 2.05) is 24.3 Å². The minimum absolute atomic E-state index is 0.0966. The van der Waals surface area contributed by atoms with E-state index >= 15 is 0 Å². The van der Waals surface area contributed by atoms with Crippen molar-refractivity contribution < 1.29 is 19.3 Å². The molecule has 5 heteroatoms. The Morgan fingerprint density at radius 1 is 0.917 bits per heavy atom. The van der Waals surface area contributed by atoms with Gasteiger partial charge in [-0.15, -0.1) is 0 Å². The molecule has 0 amide bonds. The lowest BCUT2D eigenvalue weighted by Crippen LogP contribution is -2.43. The molecule has 0 spiro atoms. The Hall–Kier alpha value is -3.02. The summed E-state index contributed by atoms with van der Waals surface area (Å²) in [6.45, 7) is 11.2. The highest BCUT2D eigenvalue weighted by Crippen LogP contribution is 2.53. The van der Waals surface area contributed by atoms with Gasteiger partial charge in [0, 0.05) is 30.0 Å². The molecule has 1 N–H and O–H groups in total. The Labute approximate surface area is 215 Å². The first kappa shape index (κ1) is 26.1. The van der Waals surface area contributed by atoms with E-state index in [9.17, 15) is 5.11 Å². The van der Waals surface area contributed by atoms with E-state index in [1.54, 1.807) is 7.11 Å². The summed E-state index contributed by atoms with van der Waals surface area (Å²) >= 11 is 0. The maximum atomic E-state index is 10.4. The van der Waals surface area contributed by atoms with Crippen molar-refractivity contribution in [2.75, 3.05) is 33.4 Å². The zero-order valence-electron chi connectivity index (χ0n) is 22.1. The van der Waals surface area contributed by atoms with Gasteiger partial charge in [0.2, 0.25) is 0 Å². The van der Waals surface area contributed by atoms with Crippen LogP contribution in [0.3, 0.4) is 0 Å². The Morgan fingerprint density at radius 3 is 2.22 bits per heavy atom. The van der Waals surface area contributed by atoms with Gasteiger partial charge in [0.05, 0.1) is 7.11 Å². The van der Waals surface area contributed by atoms with Crippen LogP contribution < -0.4 is 14.2 Å². The van der Waals surface area contributed by atoms with Crippen LogP contribution in [0.15, 0.2) is 72.8 Å². The molecule has 36 heavy (non-hydrogen) atoms. The average Bonchev–Trinajstić information content (AvgIpc) is 2.89. The number of hydrogen-bond donors (Lipinski definition) is 1. The predicted octanol–water partition coefficient (Wildman–Crippen LogP) is 5.86. The highest BCUT2D eigenvalue weighted by Gasteiger charge is 2.45. The molecule has 0 fully saturated rings. The first-order chi connectivity index (χ1) is 17.4. The summed E-state index contributed by atoms with van der Waals surface area (Å²) in [5.74, 6) is 2.61. The van der Waals surface area contributed by atoms with E-state index in [1.165, 1.54) is 11.1 Å².